The molecule has 0 unspecified atom stereocenters. The largest absolute Gasteiger partial charge is 0.320 e. The molecule has 0 saturated heterocycles. The first-order valence-electron chi connectivity index (χ1n) is 12.4. The molecule has 1 amide bonds. The predicted molar refractivity (Wildman–Crippen MR) is 150 cm³/mol. The smallest absolute Gasteiger partial charge is 0.264 e. The minimum atomic E-state index is -3.87. The number of hydrogen-bond acceptors (Lipinski definition) is 5. The molecule has 1 heterocycles. The topological polar surface area (TPSA) is 91.2 Å². The van der Waals surface area contributed by atoms with Crippen molar-refractivity contribution in [2.75, 3.05) is 9.62 Å². The molecule has 0 spiro atoms. The van der Waals surface area contributed by atoms with Gasteiger partial charge in [0, 0.05) is 11.6 Å². The normalized spacial score (nSPS) is 15.0. The van der Waals surface area contributed by atoms with Gasteiger partial charge in [-0.15, -0.1) is 5.11 Å². The van der Waals surface area contributed by atoms with E-state index in [1.54, 1.807) is 18.2 Å². The number of benzene rings is 4. The van der Waals surface area contributed by atoms with Crippen LogP contribution in [0.15, 0.2) is 106 Å². The Balaban J connectivity index is 1.41. The van der Waals surface area contributed by atoms with Crippen molar-refractivity contribution in [1.29, 1.82) is 0 Å². The standard InChI is InChI=1S/C30H28N4O3S/c1-20-11-14-25(15-12-20)32-33-28-17-21(2)13-16-27(28)31-30(35)24-8-6-9-26(19-24)38(36,37)34-22(3)18-23-7-4-5-10-29(23)34/h4-17,19,22H,18H2,1-3H3,(H,31,35)/t22-/m0/s1. The monoisotopic (exact) mass is 524 g/mol. The van der Waals surface area contributed by atoms with Gasteiger partial charge in [-0.25, -0.2) is 8.42 Å². The van der Waals surface area contributed by atoms with E-state index in [9.17, 15) is 13.2 Å². The zero-order valence-electron chi connectivity index (χ0n) is 21.4. The maximum absolute atomic E-state index is 13.6. The van der Waals surface area contributed by atoms with E-state index in [0.29, 0.717) is 29.2 Å². The van der Waals surface area contributed by atoms with E-state index in [0.717, 1.165) is 16.7 Å². The molecule has 0 aromatic heterocycles. The van der Waals surface area contributed by atoms with Gasteiger partial charge < -0.3 is 5.32 Å². The first kappa shape index (κ1) is 25.4. The van der Waals surface area contributed by atoms with E-state index in [2.05, 4.69) is 15.5 Å². The quantitative estimate of drug-likeness (QED) is 0.272. The van der Waals surface area contributed by atoms with Crippen LogP contribution < -0.4 is 9.62 Å². The Labute approximate surface area is 222 Å². The fraction of sp³-hybridized carbons (Fsp3) is 0.167. The maximum atomic E-state index is 13.6. The Bertz CT molecular complexity index is 1650. The third-order valence-electron chi connectivity index (χ3n) is 6.51. The number of rotatable bonds is 6. The zero-order chi connectivity index (χ0) is 26.9. The van der Waals surface area contributed by atoms with Crippen LogP contribution in [0.4, 0.5) is 22.7 Å². The summed E-state index contributed by atoms with van der Waals surface area (Å²) in [6.45, 7) is 5.82. The molecule has 8 heteroatoms. The highest BCUT2D eigenvalue weighted by Gasteiger charge is 2.36. The molecule has 7 nitrogen and oxygen atoms in total. The molecular formula is C30H28N4O3S. The molecule has 0 radical (unpaired) electrons. The summed E-state index contributed by atoms with van der Waals surface area (Å²) in [6.07, 6.45) is 0.642. The fourth-order valence-corrected chi connectivity index (χ4v) is 6.30. The molecular weight excluding hydrogens is 496 g/mol. The number of carbonyl (C=O) groups is 1. The van der Waals surface area contributed by atoms with Crippen LogP contribution in [-0.4, -0.2) is 20.4 Å². The fourth-order valence-electron chi connectivity index (χ4n) is 4.56. The molecule has 5 rings (SSSR count). The third kappa shape index (κ3) is 5.08. The van der Waals surface area contributed by atoms with E-state index in [1.807, 2.05) is 81.4 Å². The lowest BCUT2D eigenvalue weighted by Gasteiger charge is -2.24. The maximum Gasteiger partial charge on any atom is 0.264 e. The SMILES string of the molecule is Cc1ccc(N=Nc2cc(C)ccc2NC(=O)c2cccc(S(=O)(=O)N3c4ccccc4C[C@@H]3C)c2)cc1. The zero-order valence-corrected chi connectivity index (χ0v) is 22.2. The molecule has 1 atom stereocenters. The minimum absolute atomic E-state index is 0.0666. The lowest BCUT2D eigenvalue weighted by Crippen LogP contribution is -2.35. The molecule has 0 fully saturated rings. The number of nitrogens with zero attached hydrogens (tertiary/aromatic N) is 3. The van der Waals surface area contributed by atoms with Crippen LogP contribution in [0.2, 0.25) is 0 Å². The van der Waals surface area contributed by atoms with E-state index in [-0.39, 0.29) is 16.5 Å². The molecule has 0 saturated carbocycles. The first-order valence-corrected chi connectivity index (χ1v) is 13.8. The van der Waals surface area contributed by atoms with E-state index < -0.39 is 15.9 Å². The van der Waals surface area contributed by atoms with Gasteiger partial charge in [0.05, 0.1) is 22.0 Å². The minimum Gasteiger partial charge on any atom is -0.320 e. The van der Waals surface area contributed by atoms with Crippen molar-refractivity contribution in [3.05, 3.63) is 113 Å². The second kappa shape index (κ2) is 10.2. The Morgan fingerprint density at radius 3 is 2.39 bits per heavy atom. The number of amides is 1. The number of para-hydroxylation sites is 1. The number of azo groups is 1. The highest BCUT2D eigenvalue weighted by atomic mass is 32.2. The number of aryl methyl sites for hydroxylation is 2. The molecule has 1 aliphatic heterocycles. The van der Waals surface area contributed by atoms with Gasteiger partial charge in [0.15, 0.2) is 0 Å². The molecule has 38 heavy (non-hydrogen) atoms. The van der Waals surface area contributed by atoms with Crippen molar-refractivity contribution in [1.82, 2.24) is 0 Å². The van der Waals surface area contributed by atoms with Crippen molar-refractivity contribution in [3.63, 3.8) is 0 Å². The second-order valence-electron chi connectivity index (χ2n) is 9.52. The highest BCUT2D eigenvalue weighted by Crippen LogP contribution is 2.36. The number of hydrogen-bond donors (Lipinski definition) is 1. The number of nitrogens with one attached hydrogen (secondary N) is 1. The van der Waals surface area contributed by atoms with Crippen molar-refractivity contribution in [2.24, 2.45) is 10.2 Å². The summed E-state index contributed by atoms with van der Waals surface area (Å²) in [4.78, 5) is 13.3. The van der Waals surface area contributed by atoms with Crippen LogP contribution in [0, 0.1) is 13.8 Å². The van der Waals surface area contributed by atoms with Gasteiger partial charge in [0.25, 0.3) is 15.9 Å². The van der Waals surface area contributed by atoms with Gasteiger partial charge in [0.2, 0.25) is 0 Å². The van der Waals surface area contributed by atoms with E-state index in [4.69, 9.17) is 0 Å². The van der Waals surface area contributed by atoms with Crippen molar-refractivity contribution in [2.45, 2.75) is 38.1 Å². The Kier molecular flexibility index (Phi) is 6.82. The molecule has 1 aliphatic rings. The average molecular weight is 525 g/mol. The van der Waals surface area contributed by atoms with Crippen molar-refractivity contribution >= 4 is 38.7 Å². The van der Waals surface area contributed by atoms with Crippen molar-refractivity contribution < 1.29 is 13.2 Å². The summed E-state index contributed by atoms with van der Waals surface area (Å²) in [5.41, 5.74) is 5.67. The number of carbonyl (C=O) groups excluding carboxylic acids is 1. The summed E-state index contributed by atoms with van der Waals surface area (Å²) < 4.78 is 28.7. The molecule has 4 aromatic carbocycles. The highest BCUT2D eigenvalue weighted by molar-refractivity contribution is 7.92. The summed E-state index contributed by atoms with van der Waals surface area (Å²) in [5, 5.41) is 11.5. The molecule has 0 aliphatic carbocycles. The first-order chi connectivity index (χ1) is 18.2. The Hall–Kier alpha value is -4.30. The summed E-state index contributed by atoms with van der Waals surface area (Å²) in [7, 11) is -3.87. The van der Waals surface area contributed by atoms with E-state index in [1.165, 1.54) is 16.4 Å². The number of fused-ring (bicyclic) bond motifs is 1. The van der Waals surface area contributed by atoms with Gasteiger partial charge >= 0.3 is 0 Å². The van der Waals surface area contributed by atoms with Crippen LogP contribution in [0.25, 0.3) is 0 Å². The second-order valence-corrected chi connectivity index (χ2v) is 11.3. The van der Waals surface area contributed by atoms with Crippen LogP contribution in [-0.2, 0) is 16.4 Å². The number of anilines is 2. The van der Waals surface area contributed by atoms with Gasteiger partial charge in [-0.1, -0.05) is 48.0 Å². The average Bonchev–Trinajstić information content (AvgIpc) is 3.26. The van der Waals surface area contributed by atoms with E-state index >= 15 is 0 Å². The molecule has 0 bridgehead atoms. The summed E-state index contributed by atoms with van der Waals surface area (Å²) in [5.74, 6) is -0.437. The van der Waals surface area contributed by atoms with Crippen LogP contribution in [0.1, 0.15) is 34.0 Å². The van der Waals surface area contributed by atoms with Gasteiger partial charge in [-0.2, -0.15) is 5.11 Å². The Morgan fingerprint density at radius 2 is 1.61 bits per heavy atom. The third-order valence-corrected chi connectivity index (χ3v) is 8.43. The summed E-state index contributed by atoms with van der Waals surface area (Å²) >= 11 is 0. The van der Waals surface area contributed by atoms with Gasteiger partial charge in [0.1, 0.15) is 5.69 Å². The Morgan fingerprint density at radius 1 is 0.868 bits per heavy atom. The van der Waals surface area contributed by atoms with Crippen LogP contribution in [0.3, 0.4) is 0 Å². The van der Waals surface area contributed by atoms with Gasteiger partial charge in [-0.05, 0) is 86.8 Å². The predicted octanol–water partition coefficient (Wildman–Crippen LogP) is 7.11. The molecule has 4 aromatic rings. The number of sulfonamides is 1. The lowest BCUT2D eigenvalue weighted by atomic mass is 10.1. The molecule has 192 valence electrons. The van der Waals surface area contributed by atoms with Crippen LogP contribution in [0.5, 0.6) is 0 Å². The molecule has 1 N–H and O–H groups in total. The van der Waals surface area contributed by atoms with Gasteiger partial charge in [-0.3, -0.25) is 9.10 Å². The van der Waals surface area contributed by atoms with Crippen molar-refractivity contribution in [3.8, 4) is 0 Å². The van der Waals surface area contributed by atoms with Crippen LogP contribution >= 0.6 is 0 Å². The lowest BCUT2D eigenvalue weighted by molar-refractivity contribution is 0.102. The summed E-state index contributed by atoms with van der Waals surface area (Å²) in [6, 6.07) is 26.5.